The van der Waals surface area contributed by atoms with Crippen molar-refractivity contribution in [1.29, 1.82) is 0 Å². The summed E-state index contributed by atoms with van der Waals surface area (Å²) >= 11 is 1.34. The Hall–Kier alpha value is -1.89. The largest absolute Gasteiger partial charge is 0.373 e. The molecule has 0 aliphatic rings. The van der Waals surface area contributed by atoms with E-state index < -0.39 is 0 Å². The summed E-state index contributed by atoms with van der Waals surface area (Å²) in [6, 6.07) is 1.38. The first kappa shape index (κ1) is 13.5. The summed E-state index contributed by atoms with van der Waals surface area (Å²) in [5, 5.41) is 4.41. The Bertz CT molecular complexity index is 613. The average Bonchev–Trinajstić information content (AvgIpc) is 2.41. The molecule has 0 saturated carbocycles. The molecule has 2 N–H and O–H groups in total. The molecule has 0 spiro atoms. The van der Waals surface area contributed by atoms with Crippen molar-refractivity contribution >= 4 is 17.6 Å². The van der Waals surface area contributed by atoms with Crippen LogP contribution in [0.3, 0.4) is 0 Å². The molecule has 6 nitrogen and oxygen atoms in total. The topological polar surface area (TPSA) is 83.6 Å². The number of H-pyrrole nitrogens is 1. The van der Waals surface area contributed by atoms with Gasteiger partial charge in [0.25, 0.3) is 5.56 Å². The number of nitrogens with one attached hydrogen (secondary N) is 2. The van der Waals surface area contributed by atoms with Crippen molar-refractivity contribution in [2.45, 2.75) is 29.9 Å². The van der Waals surface area contributed by atoms with E-state index in [0.29, 0.717) is 5.16 Å². The van der Waals surface area contributed by atoms with Crippen LogP contribution < -0.4 is 10.9 Å². The van der Waals surface area contributed by atoms with E-state index >= 15 is 0 Å². The van der Waals surface area contributed by atoms with Gasteiger partial charge in [-0.05, 0) is 18.2 Å². The minimum absolute atomic E-state index is 0.169. The Balaban J connectivity index is 2.36. The van der Waals surface area contributed by atoms with Gasteiger partial charge in [0.1, 0.15) is 17.2 Å². The maximum atomic E-state index is 11.3. The second-order valence-electron chi connectivity index (χ2n) is 3.85. The Kier molecular flexibility index (Phi) is 4.51. The first-order valence-electron chi connectivity index (χ1n) is 5.99. The average molecular weight is 277 g/mol. The van der Waals surface area contributed by atoms with Crippen molar-refractivity contribution in [3.63, 3.8) is 0 Å². The number of nitrogens with zero attached hydrogens (tertiary/aromatic N) is 3. The van der Waals surface area contributed by atoms with Gasteiger partial charge in [-0.2, -0.15) is 0 Å². The monoisotopic (exact) mass is 277 g/mol. The predicted octanol–water partition coefficient (Wildman–Crippen LogP) is 1.71. The molecule has 2 rings (SSSR count). The first-order valence-corrected chi connectivity index (χ1v) is 6.81. The van der Waals surface area contributed by atoms with Crippen molar-refractivity contribution in [1.82, 2.24) is 19.9 Å². The molecule has 0 unspecified atom stereocenters. The summed E-state index contributed by atoms with van der Waals surface area (Å²) < 4.78 is 0. The molecule has 0 bridgehead atoms. The molecule has 100 valence electrons. The van der Waals surface area contributed by atoms with Crippen LogP contribution in [-0.4, -0.2) is 27.0 Å². The lowest BCUT2D eigenvalue weighted by molar-refractivity contribution is 0.853. The predicted molar refractivity (Wildman–Crippen MR) is 74.6 cm³/mol. The zero-order chi connectivity index (χ0) is 13.7. The number of rotatable bonds is 5. The fourth-order valence-corrected chi connectivity index (χ4v) is 2.54. The highest BCUT2D eigenvalue weighted by atomic mass is 32.2. The summed E-state index contributed by atoms with van der Waals surface area (Å²) in [7, 11) is 1.83. The van der Waals surface area contributed by atoms with Crippen LogP contribution in [-0.2, 0) is 6.42 Å². The fraction of sp³-hybridized carbons (Fsp3) is 0.333. The highest BCUT2D eigenvalue weighted by Gasteiger charge is 2.12. The van der Waals surface area contributed by atoms with Crippen LogP contribution in [0.15, 0.2) is 33.6 Å². The standard InChI is InChI=1S/C12H15N5OS/c1-3-4-8-10(13-2)15-7-16-11(8)19-12-14-6-5-9(18)17-12/h5-7H,3-4H2,1-2H3,(H,13,15,16)(H,14,17,18). The second kappa shape index (κ2) is 6.33. The lowest BCUT2D eigenvalue weighted by Crippen LogP contribution is -2.06. The first-order chi connectivity index (χ1) is 9.24. The summed E-state index contributed by atoms with van der Waals surface area (Å²) in [5.41, 5.74) is 0.876. The molecule has 0 aliphatic heterocycles. The Morgan fingerprint density at radius 1 is 1.37 bits per heavy atom. The molecule has 2 aromatic rings. The molecule has 7 heteroatoms. The fourth-order valence-electron chi connectivity index (χ4n) is 1.67. The molecule has 2 heterocycles. The molecular weight excluding hydrogens is 262 g/mol. The molecule has 19 heavy (non-hydrogen) atoms. The van der Waals surface area contributed by atoms with Crippen molar-refractivity contribution in [2.75, 3.05) is 12.4 Å². The third-order valence-corrected chi connectivity index (χ3v) is 3.43. The summed E-state index contributed by atoms with van der Waals surface area (Å²) in [5.74, 6) is 0.817. The zero-order valence-corrected chi connectivity index (χ0v) is 11.6. The number of anilines is 1. The molecule has 0 amide bonds. The van der Waals surface area contributed by atoms with Gasteiger partial charge in [-0.25, -0.2) is 15.0 Å². The van der Waals surface area contributed by atoms with Gasteiger partial charge < -0.3 is 10.3 Å². The van der Waals surface area contributed by atoms with Crippen LogP contribution >= 0.6 is 11.8 Å². The van der Waals surface area contributed by atoms with Crippen LogP contribution in [0.4, 0.5) is 5.82 Å². The van der Waals surface area contributed by atoms with Gasteiger partial charge in [0.05, 0.1) is 0 Å². The highest BCUT2D eigenvalue weighted by Crippen LogP contribution is 2.29. The third-order valence-electron chi connectivity index (χ3n) is 2.48. The van der Waals surface area contributed by atoms with Crippen molar-refractivity contribution in [2.24, 2.45) is 0 Å². The SMILES string of the molecule is CCCc1c(NC)ncnc1Sc1nccc(=O)[nH]1. The maximum Gasteiger partial charge on any atom is 0.251 e. The molecule has 0 saturated heterocycles. The van der Waals surface area contributed by atoms with Crippen LogP contribution in [0.5, 0.6) is 0 Å². The van der Waals surface area contributed by atoms with E-state index in [1.807, 2.05) is 7.05 Å². The third kappa shape index (κ3) is 3.31. The Morgan fingerprint density at radius 3 is 2.89 bits per heavy atom. The van der Waals surface area contributed by atoms with E-state index in [1.54, 1.807) is 0 Å². The second-order valence-corrected chi connectivity index (χ2v) is 4.82. The Labute approximate surface area is 115 Å². The van der Waals surface area contributed by atoms with Crippen molar-refractivity contribution in [3.05, 3.63) is 34.5 Å². The Morgan fingerprint density at radius 2 is 2.21 bits per heavy atom. The molecular formula is C12H15N5OS. The summed E-state index contributed by atoms with van der Waals surface area (Å²) in [6.07, 6.45) is 4.86. The van der Waals surface area contributed by atoms with Crippen molar-refractivity contribution in [3.8, 4) is 0 Å². The molecule has 2 aromatic heterocycles. The summed E-state index contributed by atoms with van der Waals surface area (Å²) in [6.45, 7) is 2.10. The van der Waals surface area contributed by atoms with E-state index in [0.717, 1.165) is 29.2 Å². The summed E-state index contributed by atoms with van der Waals surface area (Å²) in [4.78, 5) is 26.5. The van der Waals surface area contributed by atoms with Crippen molar-refractivity contribution < 1.29 is 0 Å². The van der Waals surface area contributed by atoms with Gasteiger partial charge in [0.2, 0.25) is 0 Å². The number of aromatic nitrogens is 4. The normalized spacial score (nSPS) is 10.4. The van der Waals surface area contributed by atoms with E-state index in [4.69, 9.17) is 0 Å². The molecule has 0 aliphatic carbocycles. The zero-order valence-electron chi connectivity index (χ0n) is 10.8. The molecule has 0 atom stereocenters. The van der Waals surface area contributed by atoms with Crippen LogP contribution in [0.1, 0.15) is 18.9 Å². The van der Waals surface area contributed by atoms with Gasteiger partial charge in [0, 0.05) is 24.9 Å². The lowest BCUT2D eigenvalue weighted by atomic mass is 10.2. The van der Waals surface area contributed by atoms with Gasteiger partial charge in [-0.3, -0.25) is 4.79 Å². The minimum atomic E-state index is -0.169. The molecule has 0 aromatic carbocycles. The quantitative estimate of drug-likeness (QED) is 0.639. The van der Waals surface area contributed by atoms with Crippen LogP contribution in [0, 0.1) is 0 Å². The van der Waals surface area contributed by atoms with Gasteiger partial charge in [-0.15, -0.1) is 0 Å². The van der Waals surface area contributed by atoms with E-state index in [-0.39, 0.29) is 5.56 Å². The molecule has 0 fully saturated rings. The van der Waals surface area contributed by atoms with Gasteiger partial charge >= 0.3 is 0 Å². The minimum Gasteiger partial charge on any atom is -0.373 e. The van der Waals surface area contributed by atoms with Gasteiger partial charge in [0.15, 0.2) is 5.16 Å². The van der Waals surface area contributed by atoms with E-state index in [1.165, 1.54) is 30.4 Å². The smallest absolute Gasteiger partial charge is 0.251 e. The number of hydrogen-bond acceptors (Lipinski definition) is 6. The van der Waals surface area contributed by atoms with E-state index in [9.17, 15) is 4.79 Å². The lowest BCUT2D eigenvalue weighted by Gasteiger charge is -2.10. The van der Waals surface area contributed by atoms with Crippen LogP contribution in [0.25, 0.3) is 0 Å². The van der Waals surface area contributed by atoms with Gasteiger partial charge in [-0.1, -0.05) is 13.3 Å². The van der Waals surface area contributed by atoms with E-state index in [2.05, 4.69) is 32.2 Å². The molecule has 0 radical (unpaired) electrons. The number of hydrogen-bond donors (Lipinski definition) is 2. The number of aromatic amines is 1. The maximum absolute atomic E-state index is 11.3. The van der Waals surface area contributed by atoms with Crippen LogP contribution in [0.2, 0.25) is 0 Å². The highest BCUT2D eigenvalue weighted by molar-refractivity contribution is 7.99.